The summed E-state index contributed by atoms with van der Waals surface area (Å²) in [5.74, 6) is 1.46. The number of urea groups is 1. The van der Waals surface area contributed by atoms with Crippen molar-refractivity contribution in [1.29, 1.82) is 0 Å². The summed E-state index contributed by atoms with van der Waals surface area (Å²) in [5, 5.41) is 5.67. The number of nitrogens with one attached hydrogen (secondary N) is 2. The molecule has 0 saturated carbocycles. The minimum Gasteiger partial charge on any atom is -0.454 e. The average molecular weight is 298 g/mol. The van der Waals surface area contributed by atoms with Crippen molar-refractivity contribution in [1.82, 2.24) is 10.6 Å². The van der Waals surface area contributed by atoms with Crippen LogP contribution in [0.5, 0.6) is 11.5 Å². The molecule has 0 bridgehead atoms. The van der Waals surface area contributed by atoms with Gasteiger partial charge in [-0.25, -0.2) is 4.79 Å². The first-order valence-electron chi connectivity index (χ1n) is 7.16. The van der Waals surface area contributed by atoms with Crippen LogP contribution < -0.4 is 20.1 Å². The van der Waals surface area contributed by atoms with Crippen molar-refractivity contribution in [2.45, 2.75) is 20.0 Å². The SMILES string of the molecule is Cc1cccc(CNC(=O)NCc2ccc3c(c2)OCO3)c1. The summed E-state index contributed by atoms with van der Waals surface area (Å²) in [5.41, 5.74) is 3.23. The number of carbonyl (C=O) groups is 1. The lowest BCUT2D eigenvalue weighted by Crippen LogP contribution is -2.34. The Bertz CT molecular complexity index is 685. The maximum Gasteiger partial charge on any atom is 0.315 e. The number of fused-ring (bicyclic) bond motifs is 1. The molecule has 0 aliphatic carbocycles. The van der Waals surface area contributed by atoms with Crippen molar-refractivity contribution in [3.05, 3.63) is 59.2 Å². The van der Waals surface area contributed by atoms with Gasteiger partial charge in [-0.15, -0.1) is 0 Å². The molecule has 22 heavy (non-hydrogen) atoms. The zero-order valence-electron chi connectivity index (χ0n) is 12.4. The summed E-state index contributed by atoms with van der Waals surface area (Å²) in [6.07, 6.45) is 0. The molecule has 0 unspecified atom stereocenters. The first kappa shape index (κ1) is 14.3. The Morgan fingerprint density at radius 1 is 1.00 bits per heavy atom. The number of aryl methyl sites for hydroxylation is 1. The first-order valence-corrected chi connectivity index (χ1v) is 7.16. The van der Waals surface area contributed by atoms with Crippen LogP contribution >= 0.6 is 0 Å². The standard InChI is InChI=1S/C17H18N2O3/c1-12-3-2-4-13(7-12)9-18-17(20)19-10-14-5-6-15-16(8-14)22-11-21-15/h2-8H,9-11H2,1H3,(H2,18,19,20). The van der Waals surface area contributed by atoms with Gasteiger partial charge in [-0.05, 0) is 30.2 Å². The third kappa shape index (κ3) is 3.49. The van der Waals surface area contributed by atoms with Crippen LogP contribution in [0.3, 0.4) is 0 Å². The van der Waals surface area contributed by atoms with Crippen molar-refractivity contribution in [2.75, 3.05) is 6.79 Å². The normalized spacial score (nSPS) is 12.0. The Hall–Kier alpha value is -2.69. The molecule has 2 aromatic rings. The zero-order chi connectivity index (χ0) is 15.4. The van der Waals surface area contributed by atoms with E-state index in [1.807, 2.05) is 43.3 Å². The van der Waals surface area contributed by atoms with E-state index in [1.165, 1.54) is 5.56 Å². The number of amides is 2. The van der Waals surface area contributed by atoms with Gasteiger partial charge in [0.1, 0.15) is 0 Å². The van der Waals surface area contributed by atoms with Crippen LogP contribution in [0.1, 0.15) is 16.7 Å². The van der Waals surface area contributed by atoms with Crippen LogP contribution in [-0.4, -0.2) is 12.8 Å². The minimum atomic E-state index is -0.195. The van der Waals surface area contributed by atoms with Gasteiger partial charge < -0.3 is 20.1 Å². The number of hydrogen-bond donors (Lipinski definition) is 2. The second kappa shape index (κ2) is 6.39. The fourth-order valence-corrected chi connectivity index (χ4v) is 2.30. The summed E-state index contributed by atoms with van der Waals surface area (Å²) < 4.78 is 10.6. The molecule has 2 amide bonds. The maximum absolute atomic E-state index is 11.8. The van der Waals surface area contributed by atoms with E-state index in [0.29, 0.717) is 13.1 Å². The topological polar surface area (TPSA) is 59.6 Å². The summed E-state index contributed by atoms with van der Waals surface area (Å²) in [6.45, 7) is 3.23. The Morgan fingerprint density at radius 2 is 1.73 bits per heavy atom. The second-order valence-electron chi connectivity index (χ2n) is 5.21. The van der Waals surface area contributed by atoms with Crippen molar-refractivity contribution >= 4 is 6.03 Å². The van der Waals surface area contributed by atoms with Gasteiger partial charge in [0.2, 0.25) is 6.79 Å². The fraction of sp³-hybridized carbons (Fsp3) is 0.235. The molecular weight excluding hydrogens is 280 g/mol. The second-order valence-corrected chi connectivity index (χ2v) is 5.21. The summed E-state index contributed by atoms with van der Waals surface area (Å²) in [7, 11) is 0. The van der Waals surface area contributed by atoms with Crippen LogP contribution in [-0.2, 0) is 13.1 Å². The predicted molar refractivity (Wildman–Crippen MR) is 82.8 cm³/mol. The molecule has 0 saturated heterocycles. The van der Waals surface area contributed by atoms with Gasteiger partial charge in [0, 0.05) is 13.1 Å². The molecule has 2 N–H and O–H groups in total. The van der Waals surface area contributed by atoms with Crippen LogP contribution in [0.25, 0.3) is 0 Å². The molecule has 0 fully saturated rings. The van der Waals surface area contributed by atoms with Crippen LogP contribution in [0.15, 0.2) is 42.5 Å². The Balaban J connectivity index is 1.48. The molecular formula is C17H18N2O3. The van der Waals surface area contributed by atoms with Gasteiger partial charge in [-0.1, -0.05) is 35.9 Å². The van der Waals surface area contributed by atoms with E-state index < -0.39 is 0 Å². The summed E-state index contributed by atoms with van der Waals surface area (Å²) >= 11 is 0. The molecule has 1 aliphatic rings. The molecule has 0 aromatic heterocycles. The number of rotatable bonds is 4. The predicted octanol–water partition coefficient (Wildman–Crippen LogP) is 2.72. The zero-order valence-corrected chi connectivity index (χ0v) is 12.4. The van der Waals surface area contributed by atoms with Crippen LogP contribution in [0.4, 0.5) is 4.79 Å². The molecule has 1 heterocycles. The van der Waals surface area contributed by atoms with E-state index in [0.717, 1.165) is 22.6 Å². The van der Waals surface area contributed by atoms with Crippen molar-refractivity contribution in [3.63, 3.8) is 0 Å². The Labute approximate surface area is 129 Å². The van der Waals surface area contributed by atoms with E-state index in [1.54, 1.807) is 0 Å². The molecule has 2 aromatic carbocycles. The molecule has 5 heteroatoms. The third-order valence-electron chi connectivity index (χ3n) is 3.43. The van der Waals surface area contributed by atoms with Crippen molar-refractivity contribution in [3.8, 4) is 11.5 Å². The van der Waals surface area contributed by atoms with Gasteiger partial charge in [-0.2, -0.15) is 0 Å². The maximum atomic E-state index is 11.8. The lowest BCUT2D eigenvalue weighted by atomic mass is 10.1. The van der Waals surface area contributed by atoms with Crippen LogP contribution in [0, 0.1) is 6.92 Å². The van der Waals surface area contributed by atoms with E-state index in [-0.39, 0.29) is 12.8 Å². The van der Waals surface area contributed by atoms with E-state index in [9.17, 15) is 4.79 Å². The average Bonchev–Trinajstić information content (AvgIpc) is 2.98. The Kier molecular flexibility index (Phi) is 4.14. The summed E-state index contributed by atoms with van der Waals surface area (Å²) in [4.78, 5) is 11.8. The van der Waals surface area contributed by atoms with E-state index in [4.69, 9.17) is 9.47 Å². The van der Waals surface area contributed by atoms with E-state index in [2.05, 4.69) is 16.7 Å². The number of ether oxygens (including phenoxy) is 2. The number of carbonyl (C=O) groups excluding carboxylic acids is 1. The number of benzene rings is 2. The van der Waals surface area contributed by atoms with Gasteiger partial charge >= 0.3 is 6.03 Å². The number of hydrogen-bond acceptors (Lipinski definition) is 3. The van der Waals surface area contributed by atoms with Crippen molar-refractivity contribution in [2.24, 2.45) is 0 Å². The molecule has 1 aliphatic heterocycles. The Morgan fingerprint density at radius 3 is 2.50 bits per heavy atom. The first-order chi connectivity index (χ1) is 10.7. The highest BCUT2D eigenvalue weighted by Gasteiger charge is 2.13. The lowest BCUT2D eigenvalue weighted by molar-refractivity contribution is 0.174. The highest BCUT2D eigenvalue weighted by Crippen LogP contribution is 2.32. The molecule has 0 radical (unpaired) electrons. The van der Waals surface area contributed by atoms with Crippen molar-refractivity contribution < 1.29 is 14.3 Å². The van der Waals surface area contributed by atoms with Gasteiger partial charge in [0.15, 0.2) is 11.5 Å². The molecule has 114 valence electrons. The van der Waals surface area contributed by atoms with Gasteiger partial charge in [0.05, 0.1) is 0 Å². The molecule has 5 nitrogen and oxygen atoms in total. The third-order valence-corrected chi connectivity index (χ3v) is 3.43. The summed E-state index contributed by atoms with van der Waals surface area (Å²) in [6, 6.07) is 13.5. The van der Waals surface area contributed by atoms with Crippen LogP contribution in [0.2, 0.25) is 0 Å². The largest absolute Gasteiger partial charge is 0.454 e. The lowest BCUT2D eigenvalue weighted by Gasteiger charge is -2.09. The molecule has 0 spiro atoms. The smallest absolute Gasteiger partial charge is 0.315 e. The quantitative estimate of drug-likeness (QED) is 0.912. The molecule has 3 rings (SSSR count). The highest BCUT2D eigenvalue weighted by atomic mass is 16.7. The molecule has 0 atom stereocenters. The monoisotopic (exact) mass is 298 g/mol. The highest BCUT2D eigenvalue weighted by molar-refractivity contribution is 5.73. The fourth-order valence-electron chi connectivity index (χ4n) is 2.30. The van der Waals surface area contributed by atoms with Gasteiger partial charge in [-0.3, -0.25) is 0 Å². The van der Waals surface area contributed by atoms with Gasteiger partial charge in [0.25, 0.3) is 0 Å². The van der Waals surface area contributed by atoms with E-state index >= 15 is 0 Å². The minimum absolute atomic E-state index is 0.195.